The van der Waals surface area contributed by atoms with Crippen molar-refractivity contribution in [1.29, 1.82) is 0 Å². The maximum absolute atomic E-state index is 12.8. The molecule has 1 atom stereocenters. The lowest BCUT2D eigenvalue weighted by Gasteiger charge is -2.24. The Morgan fingerprint density at radius 2 is 2.04 bits per heavy atom. The average Bonchev–Trinajstić information content (AvgIpc) is 2.75. The molecule has 1 aliphatic heterocycles. The molecule has 136 valence electrons. The third-order valence-corrected chi connectivity index (χ3v) is 6.14. The van der Waals surface area contributed by atoms with Crippen LogP contribution in [0.1, 0.15) is 17.9 Å². The van der Waals surface area contributed by atoms with E-state index in [1.54, 1.807) is 18.7 Å². The smallest absolute Gasteiger partial charge is 0.248 e. The third-order valence-electron chi connectivity index (χ3n) is 4.00. The number of aromatic nitrogens is 1. The van der Waals surface area contributed by atoms with Crippen LogP contribution in [-0.4, -0.2) is 74.6 Å². The first-order valence-corrected chi connectivity index (χ1v) is 9.19. The summed E-state index contributed by atoms with van der Waals surface area (Å²) in [5.74, 6) is 0.0419. The Balaban J connectivity index is 2.12. The lowest BCUT2D eigenvalue weighted by Crippen LogP contribution is -2.47. The van der Waals surface area contributed by atoms with Gasteiger partial charge in [0.05, 0.1) is 6.61 Å². The van der Waals surface area contributed by atoms with Crippen LogP contribution in [0.4, 0.5) is 0 Å². The number of hydrogen-bond acceptors (Lipinski definition) is 7. The van der Waals surface area contributed by atoms with E-state index in [9.17, 15) is 13.2 Å². The predicted octanol–water partition coefficient (Wildman–Crippen LogP) is -0.512. The fourth-order valence-corrected chi connectivity index (χ4v) is 4.57. The number of amides is 1. The van der Waals surface area contributed by atoms with E-state index in [2.05, 4.69) is 5.16 Å². The minimum absolute atomic E-state index is 0.110. The van der Waals surface area contributed by atoms with E-state index in [0.29, 0.717) is 31.7 Å². The van der Waals surface area contributed by atoms with Crippen molar-refractivity contribution in [3.05, 3.63) is 11.5 Å². The molecule has 1 aromatic rings. The Hall–Kier alpha value is -1.49. The molecule has 10 heteroatoms. The van der Waals surface area contributed by atoms with Crippen molar-refractivity contribution in [3.63, 3.8) is 0 Å². The second-order valence-electron chi connectivity index (χ2n) is 5.80. The van der Waals surface area contributed by atoms with Gasteiger partial charge in [-0.05, 0) is 20.3 Å². The summed E-state index contributed by atoms with van der Waals surface area (Å²) in [4.78, 5) is 14.0. The molecule has 1 fully saturated rings. The van der Waals surface area contributed by atoms with Gasteiger partial charge in [0.25, 0.3) is 0 Å². The highest BCUT2D eigenvalue weighted by Gasteiger charge is 2.33. The molecule has 0 aromatic carbocycles. The fourth-order valence-electron chi connectivity index (χ4n) is 2.81. The molecule has 0 aliphatic carbocycles. The highest BCUT2D eigenvalue weighted by molar-refractivity contribution is 7.89. The normalized spacial score (nSPS) is 18.4. The molecule has 24 heavy (non-hydrogen) atoms. The Bertz CT molecular complexity index is 668. The number of sulfonamides is 1. The largest absolute Gasteiger partial charge is 0.383 e. The molecule has 0 bridgehead atoms. The first-order valence-electron chi connectivity index (χ1n) is 7.75. The summed E-state index contributed by atoms with van der Waals surface area (Å²) >= 11 is 0. The molecule has 0 spiro atoms. The first-order chi connectivity index (χ1) is 11.3. The molecule has 2 rings (SSSR count). The van der Waals surface area contributed by atoms with Crippen molar-refractivity contribution in [3.8, 4) is 0 Å². The number of methoxy groups -OCH3 is 1. The third kappa shape index (κ3) is 3.77. The van der Waals surface area contributed by atoms with Crippen LogP contribution in [0, 0.1) is 13.8 Å². The van der Waals surface area contributed by atoms with Gasteiger partial charge in [-0.1, -0.05) is 5.16 Å². The summed E-state index contributed by atoms with van der Waals surface area (Å²) in [6.07, 6.45) is 0.536. The monoisotopic (exact) mass is 360 g/mol. The zero-order valence-electron chi connectivity index (χ0n) is 14.2. The Kier molecular flexibility index (Phi) is 5.97. The van der Waals surface area contributed by atoms with Gasteiger partial charge in [-0.3, -0.25) is 4.79 Å². The predicted molar refractivity (Wildman–Crippen MR) is 85.8 cm³/mol. The van der Waals surface area contributed by atoms with Crippen LogP contribution in [0.3, 0.4) is 0 Å². The number of nitrogens with two attached hydrogens (primary N) is 1. The van der Waals surface area contributed by atoms with Crippen LogP contribution in [0.2, 0.25) is 0 Å². The quantitative estimate of drug-likeness (QED) is 0.751. The SMILES string of the molecule is COCC(N)C(=O)N1CCCN(S(=O)(=O)c2c(C)noc2C)CC1. The molecule has 1 saturated heterocycles. The first kappa shape index (κ1) is 18.8. The summed E-state index contributed by atoms with van der Waals surface area (Å²) in [6, 6.07) is -0.735. The van der Waals surface area contributed by atoms with E-state index in [-0.39, 0.29) is 29.7 Å². The van der Waals surface area contributed by atoms with E-state index in [1.807, 2.05) is 0 Å². The van der Waals surface area contributed by atoms with Crippen molar-refractivity contribution in [2.75, 3.05) is 39.9 Å². The number of nitrogens with zero attached hydrogens (tertiary/aromatic N) is 3. The van der Waals surface area contributed by atoms with E-state index in [4.69, 9.17) is 15.0 Å². The van der Waals surface area contributed by atoms with Gasteiger partial charge in [-0.15, -0.1) is 0 Å². The average molecular weight is 360 g/mol. The topological polar surface area (TPSA) is 119 Å². The molecule has 2 N–H and O–H groups in total. The van der Waals surface area contributed by atoms with E-state index < -0.39 is 16.1 Å². The zero-order chi connectivity index (χ0) is 17.9. The number of ether oxygens (including phenoxy) is 1. The lowest BCUT2D eigenvalue weighted by atomic mass is 10.2. The summed E-state index contributed by atoms with van der Waals surface area (Å²) in [5, 5.41) is 3.71. The van der Waals surface area contributed by atoms with E-state index in [1.165, 1.54) is 11.4 Å². The molecule has 2 heterocycles. The molecule has 1 unspecified atom stereocenters. The molecule has 1 aliphatic rings. The van der Waals surface area contributed by atoms with Crippen LogP contribution < -0.4 is 5.73 Å². The highest BCUT2D eigenvalue weighted by Crippen LogP contribution is 2.24. The number of aryl methyl sites for hydroxylation is 2. The second-order valence-corrected chi connectivity index (χ2v) is 7.67. The molecular weight excluding hydrogens is 336 g/mol. The van der Waals surface area contributed by atoms with Crippen molar-refractivity contribution in [2.24, 2.45) is 5.73 Å². The van der Waals surface area contributed by atoms with Crippen molar-refractivity contribution in [1.82, 2.24) is 14.4 Å². The summed E-state index contributed by atoms with van der Waals surface area (Å²) in [7, 11) is -2.22. The Morgan fingerprint density at radius 1 is 1.33 bits per heavy atom. The van der Waals surface area contributed by atoms with E-state index in [0.717, 1.165) is 0 Å². The highest BCUT2D eigenvalue weighted by atomic mass is 32.2. The number of carbonyl (C=O) groups is 1. The summed E-state index contributed by atoms with van der Waals surface area (Å²) in [5.41, 5.74) is 6.12. The molecule has 0 radical (unpaired) electrons. The van der Waals surface area contributed by atoms with Crippen LogP contribution in [0.25, 0.3) is 0 Å². The molecule has 9 nitrogen and oxygen atoms in total. The van der Waals surface area contributed by atoms with Gasteiger partial charge in [-0.25, -0.2) is 8.42 Å². The number of rotatable bonds is 5. The zero-order valence-corrected chi connectivity index (χ0v) is 15.0. The van der Waals surface area contributed by atoms with Crippen molar-refractivity contribution in [2.45, 2.75) is 31.2 Å². The fraction of sp³-hybridized carbons (Fsp3) is 0.714. The summed E-state index contributed by atoms with van der Waals surface area (Å²) < 4.78 is 36.9. The minimum Gasteiger partial charge on any atom is -0.383 e. The van der Waals surface area contributed by atoms with Crippen molar-refractivity contribution >= 4 is 15.9 Å². The second kappa shape index (κ2) is 7.60. The van der Waals surface area contributed by atoms with Gasteiger partial charge >= 0.3 is 0 Å². The van der Waals surface area contributed by atoms with Crippen LogP contribution in [-0.2, 0) is 19.6 Å². The minimum atomic E-state index is -3.70. The molecule has 1 aromatic heterocycles. The Labute approximate surface area is 141 Å². The summed E-state index contributed by atoms with van der Waals surface area (Å²) in [6.45, 7) is 4.60. The van der Waals surface area contributed by atoms with Gasteiger partial charge in [0.2, 0.25) is 15.9 Å². The maximum Gasteiger partial charge on any atom is 0.248 e. The van der Waals surface area contributed by atoms with Crippen LogP contribution in [0.15, 0.2) is 9.42 Å². The molecule has 1 amide bonds. The van der Waals surface area contributed by atoms with Crippen LogP contribution in [0.5, 0.6) is 0 Å². The number of hydrogen-bond donors (Lipinski definition) is 1. The van der Waals surface area contributed by atoms with Gasteiger partial charge in [0.15, 0.2) is 5.76 Å². The van der Waals surface area contributed by atoms with E-state index >= 15 is 0 Å². The van der Waals surface area contributed by atoms with Gasteiger partial charge in [-0.2, -0.15) is 4.31 Å². The van der Waals surface area contributed by atoms with Gasteiger partial charge in [0.1, 0.15) is 16.6 Å². The Morgan fingerprint density at radius 3 is 2.62 bits per heavy atom. The standard InChI is InChI=1S/C14H24N4O5S/c1-10-13(11(2)23-16-10)24(20,21)18-6-4-5-17(7-8-18)14(19)12(15)9-22-3/h12H,4-9,15H2,1-3H3. The molecular formula is C14H24N4O5S. The lowest BCUT2D eigenvalue weighted by molar-refractivity contribution is -0.133. The van der Waals surface area contributed by atoms with Gasteiger partial charge in [0, 0.05) is 33.3 Å². The van der Waals surface area contributed by atoms with Crippen molar-refractivity contribution < 1.29 is 22.5 Å². The van der Waals surface area contributed by atoms with Gasteiger partial charge < -0.3 is 19.9 Å². The molecule has 0 saturated carbocycles. The van der Waals surface area contributed by atoms with Crippen LogP contribution >= 0.6 is 0 Å². The number of carbonyl (C=O) groups excluding carboxylic acids is 1. The maximum atomic E-state index is 12.8.